The second kappa shape index (κ2) is 8.32. The highest BCUT2D eigenvalue weighted by Gasteiger charge is 2.49. The maximum atomic E-state index is 14.4. The van der Waals surface area contributed by atoms with E-state index in [2.05, 4.69) is 15.2 Å². The SMILES string of the molecule is OC[C@H]1CN(c2nccc(C34CCC(CC3)c3cc(-c5c(F)cccc5F)nnc34)n2)CCO1. The summed E-state index contributed by atoms with van der Waals surface area (Å²) in [6.45, 7) is 1.65. The number of hydrogen-bond donors (Lipinski definition) is 1. The molecule has 0 amide bonds. The van der Waals surface area contributed by atoms with Gasteiger partial charge in [-0.05, 0) is 61.4 Å². The number of aromatic nitrogens is 4. The first-order valence-electron chi connectivity index (χ1n) is 11.7. The average Bonchev–Trinajstić information content (AvgIpc) is 2.89. The zero-order valence-corrected chi connectivity index (χ0v) is 18.6. The van der Waals surface area contributed by atoms with E-state index in [1.165, 1.54) is 18.2 Å². The van der Waals surface area contributed by atoms with Crippen LogP contribution in [-0.4, -0.2) is 57.7 Å². The van der Waals surface area contributed by atoms with Crippen molar-refractivity contribution in [1.29, 1.82) is 0 Å². The van der Waals surface area contributed by atoms with Gasteiger partial charge in [-0.2, -0.15) is 5.10 Å². The molecular formula is C25H25F2N5O2. The van der Waals surface area contributed by atoms with E-state index in [4.69, 9.17) is 9.72 Å². The second-order valence-electron chi connectivity index (χ2n) is 9.35. The molecule has 2 aromatic heterocycles. The third kappa shape index (κ3) is 3.37. The number of morpholine rings is 1. The van der Waals surface area contributed by atoms with Gasteiger partial charge < -0.3 is 14.7 Å². The number of ether oxygens (including phenoxy) is 1. The summed E-state index contributed by atoms with van der Waals surface area (Å²) in [7, 11) is 0. The van der Waals surface area contributed by atoms with Crippen LogP contribution >= 0.6 is 0 Å². The van der Waals surface area contributed by atoms with Gasteiger partial charge >= 0.3 is 0 Å². The molecule has 34 heavy (non-hydrogen) atoms. The molecule has 3 aliphatic carbocycles. The Labute approximate surface area is 195 Å². The zero-order chi connectivity index (χ0) is 23.3. The maximum absolute atomic E-state index is 14.4. The van der Waals surface area contributed by atoms with E-state index in [9.17, 15) is 13.9 Å². The number of aliphatic hydroxyl groups is 1. The number of rotatable bonds is 4. The summed E-state index contributed by atoms with van der Waals surface area (Å²) < 4.78 is 34.4. The Kier molecular flexibility index (Phi) is 5.26. The van der Waals surface area contributed by atoms with Crippen LogP contribution in [0.3, 0.4) is 0 Å². The lowest BCUT2D eigenvalue weighted by atomic mass is 9.58. The van der Waals surface area contributed by atoms with Crippen molar-refractivity contribution in [2.45, 2.75) is 43.1 Å². The first-order chi connectivity index (χ1) is 16.6. The Morgan fingerprint density at radius 2 is 1.91 bits per heavy atom. The molecular weight excluding hydrogens is 440 g/mol. The van der Waals surface area contributed by atoms with Gasteiger partial charge in [0.1, 0.15) is 11.6 Å². The minimum atomic E-state index is -0.642. The third-order valence-electron chi connectivity index (χ3n) is 7.53. The number of aliphatic hydroxyl groups excluding tert-OH is 1. The molecule has 3 heterocycles. The van der Waals surface area contributed by atoms with Crippen LogP contribution in [0.2, 0.25) is 0 Å². The highest BCUT2D eigenvalue weighted by molar-refractivity contribution is 5.62. The first-order valence-corrected chi connectivity index (χ1v) is 11.7. The van der Waals surface area contributed by atoms with E-state index in [1.54, 1.807) is 6.20 Å². The molecule has 2 fully saturated rings. The quantitative estimate of drug-likeness (QED) is 0.633. The minimum Gasteiger partial charge on any atom is -0.394 e. The minimum absolute atomic E-state index is 0.0462. The summed E-state index contributed by atoms with van der Waals surface area (Å²) in [6.07, 6.45) is 5.22. The smallest absolute Gasteiger partial charge is 0.225 e. The van der Waals surface area contributed by atoms with Crippen LogP contribution in [0.1, 0.15) is 48.6 Å². The van der Waals surface area contributed by atoms with Crippen LogP contribution in [0, 0.1) is 11.6 Å². The van der Waals surface area contributed by atoms with Gasteiger partial charge in [-0.3, -0.25) is 0 Å². The summed E-state index contributed by atoms with van der Waals surface area (Å²) in [5.74, 6) is -0.373. The highest BCUT2D eigenvalue weighted by Crippen LogP contribution is 2.55. The molecule has 1 saturated heterocycles. The third-order valence-corrected chi connectivity index (χ3v) is 7.53. The molecule has 176 valence electrons. The topological polar surface area (TPSA) is 84.3 Å². The van der Waals surface area contributed by atoms with Crippen molar-refractivity contribution >= 4 is 5.95 Å². The van der Waals surface area contributed by atoms with Gasteiger partial charge in [0.15, 0.2) is 0 Å². The van der Waals surface area contributed by atoms with Crippen LogP contribution in [0.5, 0.6) is 0 Å². The summed E-state index contributed by atoms with van der Waals surface area (Å²) in [5.41, 5.74) is 2.45. The number of hydrogen-bond acceptors (Lipinski definition) is 7. The first kappa shape index (κ1) is 21.5. The zero-order valence-electron chi connectivity index (χ0n) is 18.6. The maximum Gasteiger partial charge on any atom is 0.225 e. The van der Waals surface area contributed by atoms with Crippen molar-refractivity contribution < 1.29 is 18.6 Å². The predicted octanol–water partition coefficient (Wildman–Crippen LogP) is 3.37. The predicted molar refractivity (Wildman–Crippen MR) is 120 cm³/mol. The van der Waals surface area contributed by atoms with Gasteiger partial charge in [-0.25, -0.2) is 18.7 Å². The standard InChI is InChI=1S/C25H25F2N5O2/c26-18-2-1-3-19(27)22(18)20-12-17-15-4-7-25(8-5-15,23(17)31-30-20)21-6-9-28-24(29-21)32-10-11-34-16(13-32)14-33/h1-3,6,9,12,15-16,33H,4-5,7-8,10-11,13-14H2/t15?,16-,25?/m1/s1. The molecule has 1 N–H and O–H groups in total. The van der Waals surface area contributed by atoms with Crippen molar-refractivity contribution in [2.24, 2.45) is 0 Å². The molecule has 1 atom stereocenters. The molecule has 2 bridgehead atoms. The van der Waals surface area contributed by atoms with Gasteiger partial charge in [0.2, 0.25) is 5.95 Å². The summed E-state index contributed by atoms with van der Waals surface area (Å²) in [6, 6.07) is 7.58. The van der Waals surface area contributed by atoms with E-state index in [1.807, 2.05) is 17.0 Å². The van der Waals surface area contributed by atoms with Crippen molar-refractivity contribution in [1.82, 2.24) is 20.2 Å². The van der Waals surface area contributed by atoms with Gasteiger partial charge in [-0.1, -0.05) is 6.07 Å². The monoisotopic (exact) mass is 465 g/mol. The number of anilines is 1. The van der Waals surface area contributed by atoms with Crippen molar-refractivity contribution in [3.63, 3.8) is 0 Å². The molecule has 9 heteroatoms. The fraction of sp³-hybridized carbons (Fsp3) is 0.440. The molecule has 4 aliphatic rings. The molecule has 7 nitrogen and oxygen atoms in total. The van der Waals surface area contributed by atoms with Crippen molar-refractivity contribution in [3.05, 3.63) is 65.1 Å². The molecule has 0 unspecified atom stereocenters. The molecule has 1 aliphatic heterocycles. The lowest BCUT2D eigenvalue weighted by Gasteiger charge is -2.46. The van der Waals surface area contributed by atoms with E-state index in [0.29, 0.717) is 31.6 Å². The molecule has 1 saturated carbocycles. The van der Waals surface area contributed by atoms with E-state index in [0.717, 1.165) is 42.6 Å². The van der Waals surface area contributed by atoms with Crippen LogP contribution < -0.4 is 4.90 Å². The van der Waals surface area contributed by atoms with Gasteiger partial charge in [0.05, 0.1) is 47.4 Å². The Bertz CT molecular complexity index is 1210. The van der Waals surface area contributed by atoms with E-state index >= 15 is 0 Å². The Morgan fingerprint density at radius 3 is 2.68 bits per heavy atom. The number of fused-ring (bicyclic) bond motifs is 2. The molecule has 0 spiro atoms. The average molecular weight is 466 g/mol. The van der Waals surface area contributed by atoms with E-state index < -0.39 is 17.0 Å². The summed E-state index contributed by atoms with van der Waals surface area (Å²) in [4.78, 5) is 11.5. The Balaban J connectivity index is 1.40. The fourth-order valence-corrected chi connectivity index (χ4v) is 5.77. The Hall–Kier alpha value is -3.04. The lowest BCUT2D eigenvalue weighted by molar-refractivity contribution is 0.00311. The lowest BCUT2D eigenvalue weighted by Crippen LogP contribution is -2.45. The molecule has 1 aromatic carbocycles. The van der Waals surface area contributed by atoms with E-state index in [-0.39, 0.29) is 24.0 Å². The molecule has 3 aromatic rings. The molecule has 0 radical (unpaired) electrons. The Morgan fingerprint density at radius 1 is 1.12 bits per heavy atom. The number of nitrogens with zero attached hydrogens (tertiary/aromatic N) is 5. The van der Waals surface area contributed by atoms with Crippen LogP contribution in [0.4, 0.5) is 14.7 Å². The number of halogens is 2. The summed E-state index contributed by atoms with van der Waals surface area (Å²) >= 11 is 0. The summed E-state index contributed by atoms with van der Waals surface area (Å²) in [5, 5.41) is 18.3. The van der Waals surface area contributed by atoms with Crippen molar-refractivity contribution in [3.8, 4) is 11.3 Å². The number of benzene rings is 1. The van der Waals surface area contributed by atoms with Gasteiger partial charge in [0.25, 0.3) is 0 Å². The van der Waals surface area contributed by atoms with Crippen LogP contribution in [-0.2, 0) is 10.2 Å². The highest BCUT2D eigenvalue weighted by atomic mass is 19.1. The fourth-order valence-electron chi connectivity index (χ4n) is 5.77. The van der Waals surface area contributed by atoms with Gasteiger partial charge in [0, 0.05) is 19.3 Å². The second-order valence-corrected chi connectivity index (χ2v) is 9.35. The van der Waals surface area contributed by atoms with Crippen molar-refractivity contribution in [2.75, 3.05) is 31.2 Å². The van der Waals surface area contributed by atoms with Gasteiger partial charge in [-0.15, -0.1) is 5.10 Å². The molecule has 7 rings (SSSR count). The van der Waals surface area contributed by atoms with Crippen LogP contribution in [0.15, 0.2) is 36.5 Å². The van der Waals surface area contributed by atoms with Crippen LogP contribution in [0.25, 0.3) is 11.3 Å². The normalized spacial score (nSPS) is 25.9. The largest absolute Gasteiger partial charge is 0.394 e.